The van der Waals surface area contributed by atoms with Crippen molar-refractivity contribution in [3.8, 4) is 0 Å². The summed E-state index contributed by atoms with van der Waals surface area (Å²) in [6.07, 6.45) is 4.49. The first-order valence-electron chi connectivity index (χ1n) is 4.12. The highest BCUT2D eigenvalue weighted by Gasteiger charge is 2.05. The lowest BCUT2D eigenvalue weighted by molar-refractivity contribution is 0.271. The fourth-order valence-corrected chi connectivity index (χ4v) is 0.964. The average molecular weight is 169 g/mol. The van der Waals surface area contributed by atoms with Gasteiger partial charge in [-0.15, -0.1) is 0 Å². The Kier molecular flexibility index (Phi) is 3.10. The van der Waals surface area contributed by atoms with E-state index in [9.17, 15) is 0 Å². The highest BCUT2D eigenvalue weighted by atomic mass is 16.3. The zero-order chi connectivity index (χ0) is 8.97. The molecule has 1 heterocycles. The quantitative estimate of drug-likeness (QED) is 0.694. The van der Waals surface area contributed by atoms with Gasteiger partial charge < -0.3 is 15.0 Å². The van der Waals surface area contributed by atoms with Gasteiger partial charge in [0.25, 0.3) is 0 Å². The van der Waals surface area contributed by atoms with Gasteiger partial charge in [-0.3, -0.25) is 0 Å². The Balaban J connectivity index is 2.56. The van der Waals surface area contributed by atoms with Crippen LogP contribution in [0.1, 0.15) is 13.3 Å². The molecule has 1 aromatic heterocycles. The molecule has 0 radical (unpaired) electrons. The Labute approximate surface area is 72.2 Å². The third-order valence-corrected chi connectivity index (χ3v) is 1.87. The minimum absolute atomic E-state index is 0.103. The van der Waals surface area contributed by atoms with Gasteiger partial charge in [0, 0.05) is 19.4 Å². The Morgan fingerprint density at radius 2 is 2.50 bits per heavy atom. The number of anilines is 1. The molecular weight excluding hydrogens is 154 g/mol. The van der Waals surface area contributed by atoms with E-state index in [-0.39, 0.29) is 12.6 Å². The number of hydrogen-bond donors (Lipinski definition) is 2. The number of nitrogens with one attached hydrogen (secondary N) is 1. The van der Waals surface area contributed by atoms with Crippen molar-refractivity contribution in [2.75, 3.05) is 11.9 Å². The molecule has 0 fully saturated rings. The lowest BCUT2D eigenvalue weighted by atomic mass is 10.2. The first-order valence-corrected chi connectivity index (χ1v) is 4.12. The van der Waals surface area contributed by atoms with E-state index in [1.807, 2.05) is 24.7 Å². The molecule has 1 rings (SSSR count). The second-order valence-corrected chi connectivity index (χ2v) is 2.79. The number of aromatic nitrogens is 2. The van der Waals surface area contributed by atoms with E-state index >= 15 is 0 Å². The van der Waals surface area contributed by atoms with Crippen LogP contribution in [0.5, 0.6) is 0 Å². The number of nitrogens with zero attached hydrogens (tertiary/aromatic N) is 2. The molecule has 0 aliphatic carbocycles. The van der Waals surface area contributed by atoms with E-state index < -0.39 is 0 Å². The van der Waals surface area contributed by atoms with Crippen LogP contribution in [0.3, 0.4) is 0 Å². The molecule has 2 N–H and O–H groups in total. The molecule has 4 heteroatoms. The number of rotatable bonds is 4. The van der Waals surface area contributed by atoms with E-state index in [1.165, 1.54) is 0 Å². The van der Waals surface area contributed by atoms with Crippen LogP contribution >= 0.6 is 0 Å². The first kappa shape index (κ1) is 9.06. The zero-order valence-corrected chi connectivity index (χ0v) is 7.49. The van der Waals surface area contributed by atoms with Crippen LogP contribution in [-0.2, 0) is 7.05 Å². The summed E-state index contributed by atoms with van der Waals surface area (Å²) in [4.78, 5) is 4.09. The molecule has 0 saturated heterocycles. The highest BCUT2D eigenvalue weighted by molar-refractivity contribution is 5.26. The summed E-state index contributed by atoms with van der Waals surface area (Å²) in [6, 6.07) is 0.103. The third-order valence-electron chi connectivity index (χ3n) is 1.87. The van der Waals surface area contributed by atoms with Gasteiger partial charge in [-0.05, 0) is 6.42 Å². The first-order chi connectivity index (χ1) is 5.77. The predicted molar refractivity (Wildman–Crippen MR) is 48.0 cm³/mol. The van der Waals surface area contributed by atoms with E-state index in [0.717, 1.165) is 12.4 Å². The molecule has 0 saturated carbocycles. The van der Waals surface area contributed by atoms with Crippen molar-refractivity contribution in [3.05, 3.63) is 12.4 Å². The number of aliphatic hydroxyl groups excluding tert-OH is 1. The zero-order valence-electron chi connectivity index (χ0n) is 7.49. The predicted octanol–water partition coefficient (Wildman–Crippen LogP) is 0.603. The van der Waals surface area contributed by atoms with Crippen LogP contribution in [0.15, 0.2) is 12.4 Å². The molecule has 0 aliphatic heterocycles. The summed E-state index contributed by atoms with van der Waals surface area (Å²) in [5, 5.41) is 12.0. The molecule has 0 bridgehead atoms. The van der Waals surface area contributed by atoms with Crippen molar-refractivity contribution >= 4 is 5.95 Å². The third kappa shape index (κ3) is 1.98. The summed E-state index contributed by atoms with van der Waals surface area (Å²) in [5.74, 6) is 0.802. The molecule has 12 heavy (non-hydrogen) atoms. The molecule has 0 aromatic carbocycles. The maximum absolute atomic E-state index is 8.92. The highest BCUT2D eigenvalue weighted by Crippen LogP contribution is 2.04. The maximum atomic E-state index is 8.92. The second-order valence-electron chi connectivity index (χ2n) is 2.79. The molecule has 0 aliphatic rings. The standard InChI is InChI=1S/C8H15N3O/c1-3-7(6-12)10-8-9-4-5-11(8)2/h4-5,7,12H,3,6H2,1-2H3,(H,9,10). The maximum Gasteiger partial charge on any atom is 0.202 e. The van der Waals surface area contributed by atoms with Gasteiger partial charge in [-0.2, -0.15) is 0 Å². The molecule has 1 atom stereocenters. The smallest absolute Gasteiger partial charge is 0.202 e. The fourth-order valence-electron chi connectivity index (χ4n) is 0.964. The Morgan fingerprint density at radius 3 is 2.92 bits per heavy atom. The number of imidazole rings is 1. The van der Waals surface area contributed by atoms with Gasteiger partial charge in [0.15, 0.2) is 0 Å². The SMILES string of the molecule is CCC(CO)Nc1nccn1C. The molecule has 68 valence electrons. The molecule has 1 aromatic rings. The number of aryl methyl sites for hydroxylation is 1. The van der Waals surface area contributed by atoms with E-state index in [4.69, 9.17) is 5.11 Å². The van der Waals surface area contributed by atoms with Gasteiger partial charge in [0.1, 0.15) is 0 Å². The van der Waals surface area contributed by atoms with Crippen molar-refractivity contribution in [1.29, 1.82) is 0 Å². The normalized spacial score (nSPS) is 12.9. The number of aliphatic hydroxyl groups is 1. The van der Waals surface area contributed by atoms with Crippen LogP contribution in [0.25, 0.3) is 0 Å². The largest absolute Gasteiger partial charge is 0.394 e. The summed E-state index contributed by atoms with van der Waals surface area (Å²) >= 11 is 0. The molecule has 4 nitrogen and oxygen atoms in total. The minimum Gasteiger partial charge on any atom is -0.394 e. The molecular formula is C8H15N3O. The minimum atomic E-state index is 0.103. The number of hydrogen-bond acceptors (Lipinski definition) is 3. The van der Waals surface area contributed by atoms with Gasteiger partial charge in [-0.1, -0.05) is 6.92 Å². The summed E-state index contributed by atoms with van der Waals surface area (Å²) in [5.41, 5.74) is 0. The van der Waals surface area contributed by atoms with E-state index in [1.54, 1.807) is 6.20 Å². The van der Waals surface area contributed by atoms with Crippen LogP contribution in [0, 0.1) is 0 Å². The van der Waals surface area contributed by atoms with Gasteiger partial charge in [-0.25, -0.2) is 4.98 Å². The molecule has 0 spiro atoms. The van der Waals surface area contributed by atoms with Gasteiger partial charge >= 0.3 is 0 Å². The van der Waals surface area contributed by atoms with Crippen molar-refractivity contribution < 1.29 is 5.11 Å². The summed E-state index contributed by atoms with van der Waals surface area (Å²) in [6.45, 7) is 2.17. The van der Waals surface area contributed by atoms with E-state index in [2.05, 4.69) is 10.3 Å². The Hall–Kier alpha value is -1.03. The second kappa shape index (κ2) is 4.11. The summed E-state index contributed by atoms with van der Waals surface area (Å²) in [7, 11) is 1.92. The lowest BCUT2D eigenvalue weighted by Gasteiger charge is -2.14. The summed E-state index contributed by atoms with van der Waals surface area (Å²) < 4.78 is 1.89. The van der Waals surface area contributed by atoms with Crippen LogP contribution in [0.2, 0.25) is 0 Å². The average Bonchev–Trinajstić information content (AvgIpc) is 2.47. The topological polar surface area (TPSA) is 50.1 Å². The Bertz CT molecular complexity index is 230. The Morgan fingerprint density at radius 1 is 1.75 bits per heavy atom. The molecule has 0 amide bonds. The lowest BCUT2D eigenvalue weighted by Crippen LogP contribution is -2.24. The molecule has 1 unspecified atom stereocenters. The monoisotopic (exact) mass is 169 g/mol. The fraction of sp³-hybridized carbons (Fsp3) is 0.625. The van der Waals surface area contributed by atoms with Crippen molar-refractivity contribution in [2.45, 2.75) is 19.4 Å². The van der Waals surface area contributed by atoms with Crippen LogP contribution < -0.4 is 5.32 Å². The van der Waals surface area contributed by atoms with Crippen LogP contribution in [-0.4, -0.2) is 27.3 Å². The van der Waals surface area contributed by atoms with Gasteiger partial charge in [0.2, 0.25) is 5.95 Å². The van der Waals surface area contributed by atoms with E-state index in [0.29, 0.717) is 0 Å². The van der Waals surface area contributed by atoms with Crippen molar-refractivity contribution in [1.82, 2.24) is 9.55 Å². The van der Waals surface area contributed by atoms with Crippen molar-refractivity contribution in [2.24, 2.45) is 7.05 Å². The van der Waals surface area contributed by atoms with Gasteiger partial charge in [0.05, 0.1) is 12.6 Å². The van der Waals surface area contributed by atoms with Crippen molar-refractivity contribution in [3.63, 3.8) is 0 Å². The van der Waals surface area contributed by atoms with Crippen LogP contribution in [0.4, 0.5) is 5.95 Å².